The maximum atomic E-state index is 10.1. The van der Waals surface area contributed by atoms with E-state index < -0.39 is 16.2 Å². The summed E-state index contributed by atoms with van der Waals surface area (Å²) in [6, 6.07) is 0. The highest BCUT2D eigenvalue weighted by molar-refractivity contribution is 7.84. The molecule has 10 heavy (non-hydrogen) atoms. The van der Waals surface area contributed by atoms with Gasteiger partial charge < -0.3 is 6.15 Å². The standard InChI is InChI=1S/C3H5NO4S.H3N/c1-2-3(5)4-9(6,7)8;/h2H,1H2,(H,4,5)(H,6,7,8);1H3. The molecule has 0 saturated heterocycles. The topological polar surface area (TPSA) is 118 Å². The van der Waals surface area contributed by atoms with Crippen molar-refractivity contribution in [2.45, 2.75) is 0 Å². The van der Waals surface area contributed by atoms with Crippen LogP contribution in [0.5, 0.6) is 0 Å². The van der Waals surface area contributed by atoms with Crippen LogP contribution in [-0.4, -0.2) is 18.9 Å². The van der Waals surface area contributed by atoms with Crippen molar-refractivity contribution >= 4 is 16.2 Å². The van der Waals surface area contributed by atoms with Crippen molar-refractivity contribution in [3.8, 4) is 0 Å². The minimum atomic E-state index is -4.41. The molecule has 60 valence electrons. The Morgan fingerprint density at radius 3 is 2.10 bits per heavy atom. The van der Waals surface area contributed by atoms with Gasteiger partial charge in [0, 0.05) is 0 Å². The predicted octanol–water partition coefficient (Wildman–Crippen LogP) is -0.747. The largest absolute Gasteiger partial charge is 0.359 e. The second-order valence-corrected chi connectivity index (χ2v) is 2.30. The fourth-order valence-corrected chi connectivity index (χ4v) is 0.506. The normalized spacial score (nSPS) is 9.30. The van der Waals surface area contributed by atoms with E-state index in [9.17, 15) is 13.2 Å². The van der Waals surface area contributed by atoms with Crippen molar-refractivity contribution in [1.29, 1.82) is 0 Å². The number of nitrogens with one attached hydrogen (secondary N) is 1. The molecule has 0 fully saturated rings. The number of amides is 1. The third-order valence-electron chi connectivity index (χ3n) is 0.415. The van der Waals surface area contributed by atoms with E-state index in [0.717, 1.165) is 6.08 Å². The molecule has 0 aliphatic heterocycles. The van der Waals surface area contributed by atoms with E-state index in [-0.39, 0.29) is 6.15 Å². The third kappa shape index (κ3) is 7.08. The first kappa shape index (κ1) is 11.8. The third-order valence-corrected chi connectivity index (χ3v) is 0.874. The summed E-state index contributed by atoms with van der Waals surface area (Å²) in [5.74, 6) is -0.961. The van der Waals surface area contributed by atoms with Gasteiger partial charge in [-0.15, -0.1) is 0 Å². The molecule has 5 N–H and O–H groups in total. The van der Waals surface area contributed by atoms with Crippen LogP contribution < -0.4 is 10.9 Å². The number of hydrogen-bond donors (Lipinski definition) is 3. The minimum Gasteiger partial charge on any atom is -0.344 e. The Hall–Kier alpha value is -0.920. The molecule has 0 bridgehead atoms. The zero-order valence-electron chi connectivity index (χ0n) is 5.07. The van der Waals surface area contributed by atoms with Gasteiger partial charge in [0.25, 0.3) is 5.91 Å². The molecule has 1 amide bonds. The Balaban J connectivity index is 0. The first-order chi connectivity index (χ1) is 3.95. The second-order valence-electron chi connectivity index (χ2n) is 1.15. The van der Waals surface area contributed by atoms with Crippen LogP contribution in [0, 0.1) is 0 Å². The Morgan fingerprint density at radius 1 is 1.60 bits per heavy atom. The van der Waals surface area contributed by atoms with Gasteiger partial charge in [-0.3, -0.25) is 9.35 Å². The Labute approximate surface area is 58.4 Å². The first-order valence-electron chi connectivity index (χ1n) is 1.87. The van der Waals surface area contributed by atoms with Crippen LogP contribution in [0.2, 0.25) is 0 Å². The van der Waals surface area contributed by atoms with E-state index in [2.05, 4.69) is 6.58 Å². The van der Waals surface area contributed by atoms with E-state index in [1.807, 2.05) is 0 Å². The minimum absolute atomic E-state index is 0. The molecule has 0 saturated carbocycles. The summed E-state index contributed by atoms with van der Waals surface area (Å²) in [6.45, 7) is 2.96. The number of carbonyl (C=O) groups is 1. The quantitative estimate of drug-likeness (QED) is 0.370. The predicted molar refractivity (Wildman–Crippen MR) is 34.9 cm³/mol. The van der Waals surface area contributed by atoms with Crippen LogP contribution in [0.15, 0.2) is 12.7 Å². The summed E-state index contributed by atoms with van der Waals surface area (Å²) in [7, 11) is -4.41. The monoisotopic (exact) mass is 168 g/mol. The molecule has 0 aliphatic rings. The molecule has 6 nitrogen and oxygen atoms in total. The smallest absolute Gasteiger partial charge is 0.344 e. The lowest BCUT2D eigenvalue weighted by Crippen LogP contribution is -2.27. The van der Waals surface area contributed by atoms with Gasteiger partial charge in [-0.05, 0) is 6.08 Å². The van der Waals surface area contributed by atoms with Gasteiger partial charge in [0.15, 0.2) is 0 Å². The van der Waals surface area contributed by atoms with Crippen molar-refractivity contribution in [3.05, 3.63) is 12.7 Å². The molecule has 0 heterocycles. The molecule has 0 rings (SSSR count). The van der Waals surface area contributed by atoms with Crippen LogP contribution >= 0.6 is 0 Å². The molecular weight excluding hydrogens is 160 g/mol. The lowest BCUT2D eigenvalue weighted by atomic mass is 10.6. The highest BCUT2D eigenvalue weighted by atomic mass is 32.2. The van der Waals surface area contributed by atoms with E-state index in [4.69, 9.17) is 4.55 Å². The average molecular weight is 168 g/mol. The molecule has 0 aromatic heterocycles. The maximum absolute atomic E-state index is 10.1. The Kier molecular flexibility index (Phi) is 4.71. The van der Waals surface area contributed by atoms with E-state index in [1.165, 1.54) is 4.72 Å². The summed E-state index contributed by atoms with van der Waals surface area (Å²) in [4.78, 5) is 10.1. The van der Waals surface area contributed by atoms with Crippen molar-refractivity contribution in [2.75, 3.05) is 0 Å². The number of hydrogen-bond acceptors (Lipinski definition) is 4. The molecule has 0 atom stereocenters. The first-order valence-corrected chi connectivity index (χ1v) is 3.31. The maximum Gasteiger partial charge on any atom is 0.359 e. The van der Waals surface area contributed by atoms with Crippen molar-refractivity contribution in [1.82, 2.24) is 10.9 Å². The van der Waals surface area contributed by atoms with Gasteiger partial charge in [-0.25, -0.2) is 4.72 Å². The lowest BCUT2D eigenvalue weighted by Gasteiger charge is -1.92. The van der Waals surface area contributed by atoms with Crippen molar-refractivity contribution < 1.29 is 17.8 Å². The highest BCUT2D eigenvalue weighted by Gasteiger charge is 2.04. The SMILES string of the molecule is C=CC(=O)NS(=O)(=O)O.N. The molecular formula is C3H8N2O4S. The molecule has 0 unspecified atom stereocenters. The number of carbonyl (C=O) groups excluding carboxylic acids is 1. The Bertz CT molecular complexity index is 219. The summed E-state index contributed by atoms with van der Waals surface area (Å²) >= 11 is 0. The van der Waals surface area contributed by atoms with E-state index in [1.54, 1.807) is 0 Å². The highest BCUT2D eigenvalue weighted by Crippen LogP contribution is 1.72. The van der Waals surface area contributed by atoms with Crippen LogP contribution in [0.3, 0.4) is 0 Å². The van der Waals surface area contributed by atoms with Gasteiger partial charge in [0.1, 0.15) is 0 Å². The second kappa shape index (κ2) is 3.99. The molecule has 0 aromatic carbocycles. The van der Waals surface area contributed by atoms with Gasteiger partial charge in [-0.2, -0.15) is 8.42 Å². The molecule has 7 heteroatoms. The number of rotatable bonds is 2. The Morgan fingerprint density at radius 2 is 2.00 bits per heavy atom. The summed E-state index contributed by atoms with van der Waals surface area (Å²) < 4.78 is 28.7. The molecule has 0 radical (unpaired) electrons. The van der Waals surface area contributed by atoms with Gasteiger partial charge in [0.05, 0.1) is 0 Å². The fraction of sp³-hybridized carbons (Fsp3) is 0. The van der Waals surface area contributed by atoms with Gasteiger partial charge >= 0.3 is 10.3 Å². The summed E-state index contributed by atoms with van der Waals surface area (Å²) in [5.41, 5.74) is 0. The van der Waals surface area contributed by atoms with Gasteiger partial charge in [0.2, 0.25) is 0 Å². The van der Waals surface area contributed by atoms with E-state index >= 15 is 0 Å². The fourth-order valence-electron chi connectivity index (χ4n) is 0.169. The van der Waals surface area contributed by atoms with Crippen molar-refractivity contribution in [3.63, 3.8) is 0 Å². The van der Waals surface area contributed by atoms with Crippen LogP contribution in [0.25, 0.3) is 0 Å². The van der Waals surface area contributed by atoms with Crippen LogP contribution in [-0.2, 0) is 15.1 Å². The van der Waals surface area contributed by atoms with Gasteiger partial charge in [-0.1, -0.05) is 6.58 Å². The molecule has 0 spiro atoms. The average Bonchev–Trinajstić information content (AvgIpc) is 1.62. The lowest BCUT2D eigenvalue weighted by molar-refractivity contribution is -0.114. The van der Waals surface area contributed by atoms with Crippen LogP contribution in [0.1, 0.15) is 0 Å². The summed E-state index contributed by atoms with van der Waals surface area (Å²) in [5, 5.41) is 0. The molecule has 0 aliphatic carbocycles. The molecule has 0 aromatic rings. The zero-order valence-corrected chi connectivity index (χ0v) is 5.89. The van der Waals surface area contributed by atoms with Crippen molar-refractivity contribution in [2.24, 2.45) is 0 Å². The van der Waals surface area contributed by atoms with E-state index in [0.29, 0.717) is 0 Å². The zero-order chi connectivity index (χ0) is 7.49. The van der Waals surface area contributed by atoms with Crippen LogP contribution in [0.4, 0.5) is 0 Å². The summed E-state index contributed by atoms with van der Waals surface area (Å²) in [6.07, 6.45) is 0.730.